The van der Waals surface area contributed by atoms with Crippen molar-refractivity contribution in [2.75, 3.05) is 19.6 Å². The molecule has 0 radical (unpaired) electrons. The summed E-state index contributed by atoms with van der Waals surface area (Å²) in [5.41, 5.74) is 7.76. The van der Waals surface area contributed by atoms with Crippen LogP contribution >= 0.6 is 11.6 Å². The first kappa shape index (κ1) is 21.5. The highest BCUT2D eigenvalue weighted by molar-refractivity contribution is 6.30. The van der Waals surface area contributed by atoms with Crippen LogP contribution in [0.3, 0.4) is 0 Å². The van der Waals surface area contributed by atoms with Gasteiger partial charge in [0, 0.05) is 49.4 Å². The molecule has 3 N–H and O–H groups in total. The van der Waals surface area contributed by atoms with E-state index in [0.717, 1.165) is 35.5 Å². The SMILES string of the molecule is CC1(C(=O)N2CCC(O)(CN3C=Nc4c(cc(Cl)n4-c4ccc(CN)cc4)C3)CC2)CC1. The molecule has 170 valence electrons. The minimum Gasteiger partial charge on any atom is -0.388 e. The Hall–Kier alpha value is -2.35. The molecule has 7 nitrogen and oxygen atoms in total. The molecule has 0 atom stereocenters. The van der Waals surface area contributed by atoms with Gasteiger partial charge in [-0.05, 0) is 49.4 Å². The molecule has 1 aliphatic carbocycles. The number of hydrogen-bond acceptors (Lipinski definition) is 5. The number of likely N-dealkylation sites (tertiary alicyclic amines) is 1. The Morgan fingerprint density at radius 3 is 2.50 bits per heavy atom. The molecule has 1 amide bonds. The Balaban J connectivity index is 1.25. The highest BCUT2D eigenvalue weighted by atomic mass is 35.5. The minimum absolute atomic E-state index is 0.150. The summed E-state index contributed by atoms with van der Waals surface area (Å²) in [5.74, 6) is 1.07. The highest BCUT2D eigenvalue weighted by Gasteiger charge is 2.48. The van der Waals surface area contributed by atoms with E-state index >= 15 is 0 Å². The molecule has 8 heteroatoms. The number of aromatic nitrogens is 1. The van der Waals surface area contributed by atoms with Gasteiger partial charge in [0.1, 0.15) is 11.0 Å². The third-order valence-corrected chi connectivity index (χ3v) is 7.43. The number of aliphatic hydroxyl groups is 1. The fourth-order valence-corrected chi connectivity index (χ4v) is 5.05. The molecule has 1 aromatic carbocycles. The maximum atomic E-state index is 12.6. The topological polar surface area (TPSA) is 87.1 Å². The van der Waals surface area contributed by atoms with Gasteiger partial charge in [0.25, 0.3) is 0 Å². The van der Waals surface area contributed by atoms with Gasteiger partial charge in [-0.3, -0.25) is 9.36 Å². The molecular formula is C24H30ClN5O2. The van der Waals surface area contributed by atoms with E-state index in [4.69, 9.17) is 17.3 Å². The Morgan fingerprint density at radius 2 is 1.88 bits per heavy atom. The van der Waals surface area contributed by atoms with Crippen LogP contribution < -0.4 is 5.73 Å². The van der Waals surface area contributed by atoms with E-state index < -0.39 is 5.60 Å². The number of carbonyl (C=O) groups excluding carboxylic acids is 1. The van der Waals surface area contributed by atoms with Gasteiger partial charge in [-0.2, -0.15) is 0 Å². The van der Waals surface area contributed by atoms with Gasteiger partial charge in [0.05, 0.1) is 11.9 Å². The lowest BCUT2D eigenvalue weighted by Gasteiger charge is -2.41. The molecule has 2 fully saturated rings. The zero-order valence-electron chi connectivity index (χ0n) is 18.4. The number of fused-ring (bicyclic) bond motifs is 1. The highest BCUT2D eigenvalue weighted by Crippen LogP contribution is 2.47. The van der Waals surface area contributed by atoms with E-state index in [2.05, 4.69) is 4.99 Å². The van der Waals surface area contributed by atoms with E-state index in [-0.39, 0.29) is 11.3 Å². The maximum Gasteiger partial charge on any atom is 0.228 e. The summed E-state index contributed by atoms with van der Waals surface area (Å²) in [6.45, 7) is 4.89. The Labute approximate surface area is 193 Å². The Kier molecular flexibility index (Phi) is 5.31. The van der Waals surface area contributed by atoms with Crippen LogP contribution in [0, 0.1) is 5.41 Å². The van der Waals surface area contributed by atoms with Crippen molar-refractivity contribution in [3.05, 3.63) is 46.6 Å². The van der Waals surface area contributed by atoms with E-state index in [9.17, 15) is 9.90 Å². The quantitative estimate of drug-likeness (QED) is 0.724. The van der Waals surface area contributed by atoms with Gasteiger partial charge in [-0.25, -0.2) is 4.99 Å². The molecule has 1 saturated heterocycles. The lowest BCUT2D eigenvalue weighted by molar-refractivity contribution is -0.141. The fraction of sp³-hybridized carbons (Fsp3) is 0.500. The summed E-state index contributed by atoms with van der Waals surface area (Å²) in [7, 11) is 0. The van der Waals surface area contributed by atoms with Gasteiger partial charge < -0.3 is 20.6 Å². The first-order valence-corrected chi connectivity index (χ1v) is 11.7. The van der Waals surface area contributed by atoms with Crippen LogP contribution in [0.1, 0.15) is 43.7 Å². The molecule has 1 aromatic heterocycles. The molecular weight excluding hydrogens is 426 g/mol. The summed E-state index contributed by atoms with van der Waals surface area (Å²) >= 11 is 6.56. The zero-order valence-corrected chi connectivity index (χ0v) is 19.2. The van der Waals surface area contributed by atoms with Gasteiger partial charge in [0.2, 0.25) is 5.91 Å². The predicted octanol–water partition coefficient (Wildman–Crippen LogP) is 3.22. The molecule has 0 spiro atoms. The lowest BCUT2D eigenvalue weighted by Crippen LogP contribution is -2.53. The second-order valence-electron chi connectivity index (χ2n) is 9.75. The molecule has 3 aliphatic rings. The maximum absolute atomic E-state index is 12.6. The van der Waals surface area contributed by atoms with E-state index in [1.165, 1.54) is 0 Å². The summed E-state index contributed by atoms with van der Waals surface area (Å²) in [5, 5.41) is 11.8. The molecule has 1 saturated carbocycles. The smallest absolute Gasteiger partial charge is 0.228 e. The second kappa shape index (κ2) is 7.90. The van der Waals surface area contributed by atoms with Crippen molar-refractivity contribution in [2.45, 2.75) is 51.3 Å². The van der Waals surface area contributed by atoms with Crippen LogP contribution in [0.5, 0.6) is 0 Å². The first-order chi connectivity index (χ1) is 15.3. The van der Waals surface area contributed by atoms with Crippen molar-refractivity contribution in [2.24, 2.45) is 16.1 Å². The number of benzene rings is 1. The summed E-state index contributed by atoms with van der Waals surface area (Å²) in [4.78, 5) is 21.2. The molecule has 2 aromatic rings. The largest absolute Gasteiger partial charge is 0.388 e. The zero-order chi connectivity index (χ0) is 22.5. The first-order valence-electron chi connectivity index (χ1n) is 11.3. The fourth-order valence-electron chi connectivity index (χ4n) is 4.74. The number of amides is 1. The molecule has 3 heterocycles. The standard InChI is InChI=1S/C24H30ClN5O2/c1-23(6-7-23)22(31)29-10-8-24(32,9-11-29)15-28-14-18-12-20(25)30(21(18)27-16-28)19-4-2-17(13-26)3-5-19/h2-5,12,16,32H,6-11,13-15,26H2,1H3. The number of hydrogen-bond donors (Lipinski definition) is 2. The number of rotatable bonds is 5. The van der Waals surface area contributed by atoms with Crippen LogP contribution in [0.2, 0.25) is 5.15 Å². The number of aliphatic imine (C=N–C) groups is 1. The van der Waals surface area contributed by atoms with Gasteiger partial charge in [0.15, 0.2) is 0 Å². The molecule has 32 heavy (non-hydrogen) atoms. The number of β-amino-alcohol motifs (C(OH)–C–C–N with tert-alkyl or cyclic N) is 1. The van der Waals surface area contributed by atoms with Crippen molar-refractivity contribution in [1.29, 1.82) is 0 Å². The number of nitrogens with two attached hydrogens (primary N) is 1. The van der Waals surface area contributed by atoms with Crippen LogP contribution in [0.15, 0.2) is 35.3 Å². The van der Waals surface area contributed by atoms with Crippen molar-refractivity contribution < 1.29 is 9.90 Å². The van der Waals surface area contributed by atoms with Gasteiger partial charge in [-0.1, -0.05) is 30.7 Å². The number of nitrogens with zero attached hydrogens (tertiary/aromatic N) is 4. The van der Waals surface area contributed by atoms with Crippen LogP contribution in [-0.4, -0.2) is 57.0 Å². The normalized spacial score (nSPS) is 20.9. The third-order valence-electron chi connectivity index (χ3n) is 7.15. The van der Waals surface area contributed by atoms with Gasteiger partial charge in [-0.15, -0.1) is 0 Å². The van der Waals surface area contributed by atoms with Gasteiger partial charge >= 0.3 is 0 Å². The van der Waals surface area contributed by atoms with Crippen LogP contribution in [-0.2, 0) is 17.9 Å². The number of halogens is 1. The van der Waals surface area contributed by atoms with E-state index in [0.29, 0.717) is 50.7 Å². The predicted molar refractivity (Wildman–Crippen MR) is 125 cm³/mol. The summed E-state index contributed by atoms with van der Waals surface area (Å²) in [6.07, 6.45) is 4.93. The molecule has 0 unspecified atom stereocenters. The Bertz CT molecular complexity index is 1050. The molecule has 2 aliphatic heterocycles. The van der Waals surface area contributed by atoms with Crippen molar-refractivity contribution >= 4 is 29.7 Å². The molecule has 5 rings (SSSR count). The average Bonchev–Trinajstić information content (AvgIpc) is 3.45. The monoisotopic (exact) mass is 455 g/mol. The van der Waals surface area contributed by atoms with Crippen LogP contribution in [0.4, 0.5) is 5.82 Å². The lowest BCUT2D eigenvalue weighted by atomic mass is 9.90. The van der Waals surface area contributed by atoms with Crippen LogP contribution in [0.25, 0.3) is 5.69 Å². The summed E-state index contributed by atoms with van der Waals surface area (Å²) < 4.78 is 1.93. The number of piperidine rings is 1. The minimum atomic E-state index is -0.824. The second-order valence-corrected chi connectivity index (χ2v) is 10.1. The summed E-state index contributed by atoms with van der Waals surface area (Å²) in [6, 6.07) is 9.92. The van der Waals surface area contributed by atoms with Crippen molar-refractivity contribution in [3.63, 3.8) is 0 Å². The van der Waals surface area contributed by atoms with E-state index in [1.807, 2.05) is 51.6 Å². The van der Waals surface area contributed by atoms with E-state index in [1.54, 1.807) is 6.34 Å². The van der Waals surface area contributed by atoms with Crippen molar-refractivity contribution in [1.82, 2.24) is 14.4 Å². The number of carbonyl (C=O) groups is 1. The Morgan fingerprint density at radius 1 is 1.19 bits per heavy atom. The molecule has 0 bridgehead atoms. The third kappa shape index (κ3) is 3.93. The van der Waals surface area contributed by atoms with Crippen molar-refractivity contribution in [3.8, 4) is 5.69 Å². The average molecular weight is 456 g/mol.